The van der Waals surface area contributed by atoms with Crippen LogP contribution in [0.25, 0.3) is 0 Å². The molecule has 21 heavy (non-hydrogen) atoms. The van der Waals surface area contributed by atoms with Gasteiger partial charge in [0.05, 0.1) is 25.5 Å². The molecule has 5 nitrogen and oxygen atoms in total. The van der Waals surface area contributed by atoms with Gasteiger partial charge in [-0.15, -0.1) is 0 Å². The number of rotatable bonds is 5. The van der Waals surface area contributed by atoms with E-state index >= 15 is 0 Å². The molecule has 0 saturated carbocycles. The highest BCUT2D eigenvalue weighted by molar-refractivity contribution is 5.96. The van der Waals surface area contributed by atoms with Gasteiger partial charge in [0.2, 0.25) is 0 Å². The van der Waals surface area contributed by atoms with Gasteiger partial charge >= 0.3 is 5.97 Å². The van der Waals surface area contributed by atoms with E-state index in [1.165, 1.54) is 26.4 Å². The largest absolute Gasteiger partial charge is 0.493 e. The van der Waals surface area contributed by atoms with E-state index < -0.39 is 5.97 Å². The first-order valence-corrected chi connectivity index (χ1v) is 6.38. The average molecular weight is 287 g/mol. The number of nitrogen functional groups attached to an aromatic ring is 1. The summed E-state index contributed by atoms with van der Waals surface area (Å²) in [5.74, 6) is 0.394. The molecule has 0 aromatic heterocycles. The Morgan fingerprint density at radius 3 is 2.29 bits per heavy atom. The number of ether oxygens (including phenoxy) is 3. The number of hydrogen-bond acceptors (Lipinski definition) is 5. The van der Waals surface area contributed by atoms with Gasteiger partial charge in [-0.05, 0) is 5.56 Å². The van der Waals surface area contributed by atoms with Crippen molar-refractivity contribution in [3.05, 3.63) is 53.6 Å². The molecule has 2 aromatic carbocycles. The number of carbonyl (C=O) groups is 1. The highest BCUT2D eigenvalue weighted by atomic mass is 16.5. The molecule has 0 heterocycles. The van der Waals surface area contributed by atoms with Crippen LogP contribution < -0.4 is 15.2 Å². The lowest BCUT2D eigenvalue weighted by molar-refractivity contribution is 0.0473. The molecule has 0 amide bonds. The lowest BCUT2D eigenvalue weighted by Crippen LogP contribution is -2.09. The smallest absolute Gasteiger partial charge is 0.340 e. The van der Waals surface area contributed by atoms with Crippen LogP contribution in [0.1, 0.15) is 15.9 Å². The van der Waals surface area contributed by atoms with Gasteiger partial charge in [-0.25, -0.2) is 4.79 Å². The first-order valence-electron chi connectivity index (χ1n) is 6.38. The van der Waals surface area contributed by atoms with Crippen LogP contribution in [0.4, 0.5) is 5.69 Å². The third-order valence-corrected chi connectivity index (χ3v) is 2.99. The van der Waals surface area contributed by atoms with Gasteiger partial charge in [0.1, 0.15) is 6.61 Å². The number of methoxy groups -OCH3 is 2. The van der Waals surface area contributed by atoms with Crippen molar-refractivity contribution >= 4 is 11.7 Å². The molecule has 0 aliphatic rings. The maximum Gasteiger partial charge on any atom is 0.340 e. The Hall–Kier alpha value is -2.69. The van der Waals surface area contributed by atoms with Crippen LogP contribution in [0, 0.1) is 0 Å². The standard InChI is InChI=1S/C16H17NO4/c1-19-14-8-12(13(17)9-15(14)20-2)16(18)21-10-11-6-4-3-5-7-11/h3-9H,10,17H2,1-2H3. The summed E-state index contributed by atoms with van der Waals surface area (Å²) < 4.78 is 15.5. The molecule has 0 fully saturated rings. The second-order valence-electron chi connectivity index (χ2n) is 4.36. The topological polar surface area (TPSA) is 70.8 Å². The molecule has 0 unspecified atom stereocenters. The van der Waals surface area contributed by atoms with Gasteiger partial charge in [0, 0.05) is 12.1 Å². The molecule has 2 N–H and O–H groups in total. The molecule has 0 atom stereocenters. The highest BCUT2D eigenvalue weighted by Gasteiger charge is 2.16. The summed E-state index contributed by atoms with van der Waals surface area (Å²) in [7, 11) is 3.00. The molecule has 110 valence electrons. The van der Waals surface area contributed by atoms with Gasteiger partial charge in [-0.1, -0.05) is 30.3 Å². The number of carbonyl (C=O) groups excluding carboxylic acids is 1. The molecule has 0 radical (unpaired) electrons. The van der Waals surface area contributed by atoms with Crippen molar-refractivity contribution in [1.29, 1.82) is 0 Å². The Bertz CT molecular complexity index is 626. The zero-order valence-corrected chi connectivity index (χ0v) is 12.0. The van der Waals surface area contributed by atoms with E-state index in [4.69, 9.17) is 19.9 Å². The van der Waals surface area contributed by atoms with Crippen molar-refractivity contribution in [3.8, 4) is 11.5 Å². The van der Waals surface area contributed by atoms with Crippen LogP contribution in [-0.2, 0) is 11.3 Å². The number of benzene rings is 2. The van der Waals surface area contributed by atoms with Crippen LogP contribution >= 0.6 is 0 Å². The minimum Gasteiger partial charge on any atom is -0.493 e. The van der Waals surface area contributed by atoms with Gasteiger partial charge in [-0.3, -0.25) is 0 Å². The molecule has 0 bridgehead atoms. The Morgan fingerprint density at radius 2 is 1.67 bits per heavy atom. The van der Waals surface area contributed by atoms with Crippen molar-refractivity contribution in [2.75, 3.05) is 20.0 Å². The van der Waals surface area contributed by atoms with E-state index in [1.807, 2.05) is 30.3 Å². The van der Waals surface area contributed by atoms with E-state index in [-0.39, 0.29) is 17.9 Å². The number of nitrogens with two attached hydrogens (primary N) is 1. The van der Waals surface area contributed by atoms with Crippen LogP contribution in [0.3, 0.4) is 0 Å². The molecular weight excluding hydrogens is 270 g/mol. The summed E-state index contributed by atoms with van der Waals surface area (Å²) >= 11 is 0. The van der Waals surface area contributed by atoms with Crippen molar-refractivity contribution in [2.45, 2.75) is 6.61 Å². The van der Waals surface area contributed by atoms with Crippen LogP contribution in [0.2, 0.25) is 0 Å². The molecular formula is C16H17NO4. The predicted molar refractivity (Wildman–Crippen MR) is 79.5 cm³/mol. The monoisotopic (exact) mass is 287 g/mol. The highest BCUT2D eigenvalue weighted by Crippen LogP contribution is 2.32. The fourth-order valence-corrected chi connectivity index (χ4v) is 1.87. The number of anilines is 1. The van der Waals surface area contributed by atoms with E-state index in [9.17, 15) is 4.79 Å². The lowest BCUT2D eigenvalue weighted by Gasteiger charge is -2.12. The summed E-state index contributed by atoms with van der Waals surface area (Å²) in [5, 5.41) is 0. The number of esters is 1. The molecule has 0 saturated heterocycles. The fraction of sp³-hybridized carbons (Fsp3) is 0.188. The van der Waals surface area contributed by atoms with Gasteiger partial charge < -0.3 is 19.9 Å². The second-order valence-corrected chi connectivity index (χ2v) is 4.36. The van der Waals surface area contributed by atoms with Crippen molar-refractivity contribution in [3.63, 3.8) is 0 Å². The minimum absolute atomic E-state index is 0.188. The third-order valence-electron chi connectivity index (χ3n) is 2.99. The van der Waals surface area contributed by atoms with Crippen molar-refractivity contribution < 1.29 is 19.0 Å². The van der Waals surface area contributed by atoms with Crippen LogP contribution in [0.15, 0.2) is 42.5 Å². The van der Waals surface area contributed by atoms with E-state index in [2.05, 4.69) is 0 Å². The second kappa shape index (κ2) is 6.65. The summed E-state index contributed by atoms with van der Waals surface area (Å²) in [6, 6.07) is 12.5. The maximum atomic E-state index is 12.1. The first-order chi connectivity index (χ1) is 10.2. The van der Waals surface area contributed by atoms with Gasteiger partial charge in [-0.2, -0.15) is 0 Å². The summed E-state index contributed by atoms with van der Waals surface area (Å²) in [5.41, 5.74) is 7.30. The maximum absolute atomic E-state index is 12.1. The molecule has 0 spiro atoms. The van der Waals surface area contributed by atoms with Crippen molar-refractivity contribution in [2.24, 2.45) is 0 Å². The van der Waals surface area contributed by atoms with Gasteiger partial charge in [0.15, 0.2) is 11.5 Å². The minimum atomic E-state index is -0.502. The normalized spacial score (nSPS) is 10.0. The van der Waals surface area contributed by atoms with Crippen LogP contribution in [-0.4, -0.2) is 20.2 Å². The molecule has 0 aliphatic carbocycles. The molecule has 2 rings (SSSR count). The van der Waals surface area contributed by atoms with E-state index in [1.54, 1.807) is 0 Å². The first kappa shape index (κ1) is 14.7. The fourth-order valence-electron chi connectivity index (χ4n) is 1.87. The molecule has 5 heteroatoms. The zero-order chi connectivity index (χ0) is 15.2. The Kier molecular flexibility index (Phi) is 4.66. The third kappa shape index (κ3) is 3.45. The van der Waals surface area contributed by atoms with Gasteiger partial charge in [0.25, 0.3) is 0 Å². The molecule has 2 aromatic rings. The Labute approximate surface area is 123 Å². The summed E-state index contributed by atoms with van der Waals surface area (Å²) in [6.07, 6.45) is 0. The van der Waals surface area contributed by atoms with E-state index in [0.717, 1.165) is 5.56 Å². The summed E-state index contributed by atoms with van der Waals surface area (Å²) in [4.78, 5) is 12.1. The predicted octanol–water partition coefficient (Wildman–Crippen LogP) is 2.64. The SMILES string of the molecule is COc1cc(N)c(C(=O)OCc2ccccc2)cc1OC. The lowest BCUT2D eigenvalue weighted by atomic mass is 10.1. The summed E-state index contributed by atoms with van der Waals surface area (Å²) in [6.45, 7) is 0.188. The average Bonchev–Trinajstić information content (AvgIpc) is 2.53. The quantitative estimate of drug-likeness (QED) is 0.676. The van der Waals surface area contributed by atoms with Crippen molar-refractivity contribution in [1.82, 2.24) is 0 Å². The van der Waals surface area contributed by atoms with E-state index in [0.29, 0.717) is 11.5 Å². The number of hydrogen-bond donors (Lipinski definition) is 1. The Morgan fingerprint density at radius 1 is 1.05 bits per heavy atom. The Balaban J connectivity index is 2.15. The van der Waals surface area contributed by atoms with Crippen LogP contribution in [0.5, 0.6) is 11.5 Å². The zero-order valence-electron chi connectivity index (χ0n) is 12.0. The molecule has 0 aliphatic heterocycles.